The van der Waals surface area contributed by atoms with Gasteiger partial charge < -0.3 is 11.1 Å². The Hall–Kier alpha value is -1.58. The Kier molecular flexibility index (Phi) is 3.66. The Bertz CT molecular complexity index is 218. The average Bonchev–Trinajstić information content (AvgIpc) is 1.99. The second-order valence-electron chi connectivity index (χ2n) is 1.90. The van der Waals surface area contributed by atoms with Crippen molar-refractivity contribution in [1.29, 1.82) is 0 Å². The maximum absolute atomic E-state index is 10.5. The van der Waals surface area contributed by atoms with Crippen LogP contribution in [-0.4, -0.2) is 11.8 Å². The third-order valence-corrected chi connectivity index (χ3v) is 1.00. The zero-order chi connectivity index (χ0) is 8.85. The Labute approximate surface area is 64.8 Å². The molecule has 0 bridgehead atoms. The van der Waals surface area contributed by atoms with Crippen LogP contribution in [0.5, 0.6) is 0 Å². The highest BCUT2D eigenvalue weighted by Crippen LogP contribution is 1.85. The summed E-state index contributed by atoms with van der Waals surface area (Å²) >= 11 is 0. The first-order valence-corrected chi connectivity index (χ1v) is 2.97. The van der Waals surface area contributed by atoms with Gasteiger partial charge in [0.05, 0.1) is 0 Å². The number of rotatable bonds is 3. The molecular formula is C7H10N2O2. The quantitative estimate of drug-likeness (QED) is 0.547. The molecule has 0 atom stereocenters. The van der Waals surface area contributed by atoms with E-state index in [2.05, 4.69) is 11.9 Å². The molecule has 0 aromatic heterocycles. The summed E-state index contributed by atoms with van der Waals surface area (Å²) in [6.45, 7) is 4.73. The molecule has 60 valence electrons. The second kappa shape index (κ2) is 4.27. The average molecular weight is 154 g/mol. The van der Waals surface area contributed by atoms with Gasteiger partial charge in [-0.15, -0.1) is 0 Å². The SMILES string of the molecule is C=CC(=O)NC=C(C)C(N)=O. The number of hydrogen-bond donors (Lipinski definition) is 2. The fraction of sp³-hybridized carbons (Fsp3) is 0.143. The van der Waals surface area contributed by atoms with E-state index in [4.69, 9.17) is 5.73 Å². The summed E-state index contributed by atoms with van der Waals surface area (Å²) in [4.78, 5) is 20.9. The van der Waals surface area contributed by atoms with Crippen molar-refractivity contribution in [2.75, 3.05) is 0 Å². The van der Waals surface area contributed by atoms with Gasteiger partial charge in [-0.2, -0.15) is 0 Å². The molecule has 11 heavy (non-hydrogen) atoms. The maximum Gasteiger partial charge on any atom is 0.247 e. The first-order valence-electron chi connectivity index (χ1n) is 2.97. The van der Waals surface area contributed by atoms with Crippen LogP contribution in [0, 0.1) is 0 Å². The van der Waals surface area contributed by atoms with Crippen molar-refractivity contribution in [3.05, 3.63) is 24.4 Å². The highest BCUT2D eigenvalue weighted by atomic mass is 16.2. The molecule has 0 heterocycles. The Morgan fingerprint density at radius 1 is 1.55 bits per heavy atom. The van der Waals surface area contributed by atoms with Crippen LogP contribution in [0.1, 0.15) is 6.92 Å². The maximum atomic E-state index is 10.5. The van der Waals surface area contributed by atoms with E-state index >= 15 is 0 Å². The van der Waals surface area contributed by atoms with E-state index in [9.17, 15) is 9.59 Å². The molecule has 0 saturated heterocycles. The highest BCUT2D eigenvalue weighted by molar-refractivity contribution is 5.93. The first kappa shape index (κ1) is 9.42. The first-order chi connectivity index (χ1) is 5.07. The van der Waals surface area contributed by atoms with E-state index in [-0.39, 0.29) is 5.91 Å². The molecule has 0 aliphatic carbocycles. The molecule has 4 nitrogen and oxygen atoms in total. The van der Waals surface area contributed by atoms with Gasteiger partial charge >= 0.3 is 0 Å². The standard InChI is InChI=1S/C7H10N2O2/c1-3-6(10)9-4-5(2)7(8)11/h3-4H,1H2,2H3,(H2,8,11)(H,9,10). The molecule has 0 aromatic rings. The fourth-order valence-corrected chi connectivity index (χ4v) is 0.309. The van der Waals surface area contributed by atoms with E-state index in [0.29, 0.717) is 5.57 Å². The van der Waals surface area contributed by atoms with E-state index in [0.717, 1.165) is 6.08 Å². The lowest BCUT2D eigenvalue weighted by Gasteiger charge is -1.94. The van der Waals surface area contributed by atoms with Crippen molar-refractivity contribution in [2.24, 2.45) is 5.73 Å². The number of primary amides is 1. The van der Waals surface area contributed by atoms with Crippen LogP contribution in [-0.2, 0) is 9.59 Å². The predicted molar refractivity (Wildman–Crippen MR) is 41.3 cm³/mol. The van der Waals surface area contributed by atoms with Gasteiger partial charge in [0.25, 0.3) is 0 Å². The van der Waals surface area contributed by atoms with E-state index in [1.54, 1.807) is 0 Å². The number of nitrogens with two attached hydrogens (primary N) is 1. The Morgan fingerprint density at radius 3 is 2.45 bits per heavy atom. The van der Waals surface area contributed by atoms with E-state index < -0.39 is 5.91 Å². The van der Waals surface area contributed by atoms with Gasteiger partial charge in [-0.3, -0.25) is 9.59 Å². The minimum absolute atomic E-state index is 0.292. The normalized spacial score (nSPS) is 10.5. The van der Waals surface area contributed by atoms with Crippen LogP contribution >= 0.6 is 0 Å². The van der Waals surface area contributed by atoms with Crippen molar-refractivity contribution >= 4 is 11.8 Å². The van der Waals surface area contributed by atoms with Crippen molar-refractivity contribution in [1.82, 2.24) is 5.32 Å². The lowest BCUT2D eigenvalue weighted by molar-refractivity contribution is -0.115. The molecule has 0 unspecified atom stereocenters. The van der Waals surface area contributed by atoms with Crippen LogP contribution in [0.4, 0.5) is 0 Å². The smallest absolute Gasteiger partial charge is 0.247 e. The number of hydrogen-bond acceptors (Lipinski definition) is 2. The van der Waals surface area contributed by atoms with Gasteiger partial charge in [0, 0.05) is 11.8 Å². The third-order valence-electron chi connectivity index (χ3n) is 1.00. The lowest BCUT2D eigenvalue weighted by atomic mass is 10.3. The van der Waals surface area contributed by atoms with Crippen LogP contribution in [0.2, 0.25) is 0 Å². The van der Waals surface area contributed by atoms with Crippen LogP contribution in [0.15, 0.2) is 24.4 Å². The van der Waals surface area contributed by atoms with Gasteiger partial charge in [-0.25, -0.2) is 0 Å². The molecule has 0 spiro atoms. The molecule has 0 aliphatic rings. The molecule has 2 amide bonds. The molecule has 0 saturated carbocycles. The topological polar surface area (TPSA) is 72.2 Å². The van der Waals surface area contributed by atoms with Crippen molar-refractivity contribution in [3.8, 4) is 0 Å². The third kappa shape index (κ3) is 3.91. The molecule has 0 rings (SSSR count). The van der Waals surface area contributed by atoms with Gasteiger partial charge in [-0.1, -0.05) is 6.58 Å². The summed E-state index contributed by atoms with van der Waals surface area (Å²) in [6.07, 6.45) is 2.34. The molecule has 0 fully saturated rings. The summed E-state index contributed by atoms with van der Waals surface area (Å²) in [5.41, 5.74) is 5.17. The summed E-state index contributed by atoms with van der Waals surface area (Å²) in [7, 11) is 0. The number of nitrogens with one attached hydrogen (secondary N) is 1. The highest BCUT2D eigenvalue weighted by Gasteiger charge is 1.96. The zero-order valence-corrected chi connectivity index (χ0v) is 6.26. The second-order valence-corrected chi connectivity index (χ2v) is 1.90. The molecule has 0 aromatic carbocycles. The van der Waals surface area contributed by atoms with Crippen LogP contribution < -0.4 is 11.1 Å². The summed E-state index contributed by atoms with van der Waals surface area (Å²) in [5, 5.41) is 2.29. The minimum Gasteiger partial charge on any atom is -0.366 e. The number of amides is 2. The Morgan fingerprint density at radius 2 is 2.09 bits per heavy atom. The summed E-state index contributed by atoms with van der Waals surface area (Å²) in [5.74, 6) is -0.931. The van der Waals surface area contributed by atoms with Gasteiger partial charge in [0.1, 0.15) is 0 Å². The molecular weight excluding hydrogens is 144 g/mol. The Balaban J connectivity index is 4.02. The van der Waals surface area contributed by atoms with Crippen molar-refractivity contribution in [2.45, 2.75) is 6.92 Å². The largest absolute Gasteiger partial charge is 0.366 e. The fourth-order valence-electron chi connectivity index (χ4n) is 0.309. The molecule has 3 N–H and O–H groups in total. The van der Waals surface area contributed by atoms with Gasteiger partial charge in [0.2, 0.25) is 11.8 Å². The van der Waals surface area contributed by atoms with Crippen molar-refractivity contribution in [3.63, 3.8) is 0 Å². The molecule has 0 aliphatic heterocycles. The van der Waals surface area contributed by atoms with Crippen molar-refractivity contribution < 1.29 is 9.59 Å². The van der Waals surface area contributed by atoms with Crippen LogP contribution in [0.3, 0.4) is 0 Å². The lowest BCUT2D eigenvalue weighted by Crippen LogP contribution is -2.18. The van der Waals surface area contributed by atoms with E-state index in [1.165, 1.54) is 13.1 Å². The number of carbonyl (C=O) groups excluding carboxylic acids is 2. The van der Waals surface area contributed by atoms with Gasteiger partial charge in [0.15, 0.2) is 0 Å². The minimum atomic E-state index is -0.561. The monoisotopic (exact) mass is 154 g/mol. The van der Waals surface area contributed by atoms with Crippen LogP contribution in [0.25, 0.3) is 0 Å². The molecule has 4 heteroatoms. The van der Waals surface area contributed by atoms with E-state index in [1.807, 2.05) is 0 Å². The summed E-state index contributed by atoms with van der Waals surface area (Å²) in [6, 6.07) is 0. The number of carbonyl (C=O) groups is 2. The zero-order valence-electron chi connectivity index (χ0n) is 6.26. The molecule has 0 radical (unpaired) electrons. The summed E-state index contributed by atoms with van der Waals surface area (Å²) < 4.78 is 0. The predicted octanol–water partition coefficient (Wildman–Crippen LogP) is -0.322. The van der Waals surface area contributed by atoms with Gasteiger partial charge in [-0.05, 0) is 13.0 Å².